The summed E-state index contributed by atoms with van der Waals surface area (Å²) in [7, 11) is 1.86. The molecule has 1 saturated heterocycles. The maximum absolute atomic E-state index is 13.2. The van der Waals surface area contributed by atoms with Crippen LogP contribution in [0.3, 0.4) is 0 Å². The summed E-state index contributed by atoms with van der Waals surface area (Å²) in [6.07, 6.45) is 6.04. The van der Waals surface area contributed by atoms with Crippen LogP contribution in [0.1, 0.15) is 48.4 Å². The number of amides is 2. The van der Waals surface area contributed by atoms with Crippen LogP contribution in [0.25, 0.3) is 0 Å². The SMILES string of the molecule is Cc1nc(CC(=O)N2CCC[C@@H]3[C@H]2CCCCc2ccccc2OCC(=O)N3C)cs1. The van der Waals surface area contributed by atoms with E-state index >= 15 is 0 Å². The van der Waals surface area contributed by atoms with E-state index in [0.29, 0.717) is 6.42 Å². The van der Waals surface area contributed by atoms with Crippen molar-refractivity contribution in [3.05, 3.63) is 45.9 Å². The van der Waals surface area contributed by atoms with E-state index < -0.39 is 0 Å². The summed E-state index contributed by atoms with van der Waals surface area (Å²) in [6, 6.07) is 8.05. The lowest BCUT2D eigenvalue weighted by Gasteiger charge is -2.45. The second-order valence-electron chi connectivity index (χ2n) is 8.55. The number of piperidine rings is 1. The number of likely N-dealkylation sites (N-methyl/N-ethyl adjacent to an activating group) is 1. The van der Waals surface area contributed by atoms with Crippen LogP contribution in [0.15, 0.2) is 29.6 Å². The summed E-state index contributed by atoms with van der Waals surface area (Å²) >= 11 is 1.58. The molecule has 0 aliphatic carbocycles. The first-order valence-electron chi connectivity index (χ1n) is 11.2. The number of rotatable bonds is 2. The van der Waals surface area contributed by atoms with E-state index in [0.717, 1.165) is 67.1 Å². The number of fused-ring (bicyclic) bond motifs is 2. The minimum atomic E-state index is -0.0326. The topological polar surface area (TPSA) is 62.7 Å². The summed E-state index contributed by atoms with van der Waals surface area (Å²) in [5.74, 6) is 0.893. The van der Waals surface area contributed by atoms with Gasteiger partial charge < -0.3 is 14.5 Å². The van der Waals surface area contributed by atoms with Crippen LogP contribution in [-0.4, -0.2) is 58.9 Å². The Labute approximate surface area is 188 Å². The zero-order chi connectivity index (χ0) is 21.8. The fourth-order valence-corrected chi connectivity index (χ4v) is 5.45. The number of ether oxygens (including phenoxy) is 1. The summed E-state index contributed by atoms with van der Waals surface area (Å²) in [6.45, 7) is 2.75. The Balaban J connectivity index is 1.53. The van der Waals surface area contributed by atoms with E-state index in [1.165, 1.54) is 0 Å². The third kappa shape index (κ3) is 5.09. The van der Waals surface area contributed by atoms with Crippen LogP contribution in [0.5, 0.6) is 5.75 Å². The van der Waals surface area contributed by atoms with Gasteiger partial charge in [0.1, 0.15) is 5.75 Å². The average Bonchev–Trinajstić information content (AvgIpc) is 3.18. The number of benzene rings is 1. The Morgan fingerprint density at radius 2 is 2.00 bits per heavy atom. The maximum Gasteiger partial charge on any atom is 0.260 e. The van der Waals surface area contributed by atoms with Gasteiger partial charge in [-0.15, -0.1) is 11.3 Å². The molecule has 7 heteroatoms. The fourth-order valence-electron chi connectivity index (χ4n) is 4.84. The van der Waals surface area contributed by atoms with Crippen molar-refractivity contribution in [2.75, 3.05) is 20.2 Å². The van der Waals surface area contributed by atoms with Crippen molar-refractivity contribution in [2.45, 2.75) is 64.0 Å². The molecule has 0 spiro atoms. The number of aromatic nitrogens is 1. The lowest BCUT2D eigenvalue weighted by molar-refractivity contribution is -0.143. The van der Waals surface area contributed by atoms with E-state index in [1.807, 2.05) is 47.4 Å². The number of carbonyl (C=O) groups excluding carboxylic acids is 2. The van der Waals surface area contributed by atoms with Crippen LogP contribution < -0.4 is 4.74 Å². The summed E-state index contributed by atoms with van der Waals surface area (Å²) in [5, 5.41) is 2.95. The highest BCUT2D eigenvalue weighted by molar-refractivity contribution is 7.09. The van der Waals surface area contributed by atoms with Crippen molar-refractivity contribution in [1.29, 1.82) is 0 Å². The first-order valence-corrected chi connectivity index (χ1v) is 12.1. The molecular weight excluding hydrogens is 410 g/mol. The minimum Gasteiger partial charge on any atom is -0.483 e. The summed E-state index contributed by atoms with van der Waals surface area (Å²) < 4.78 is 5.90. The van der Waals surface area contributed by atoms with Crippen molar-refractivity contribution < 1.29 is 14.3 Å². The average molecular weight is 442 g/mol. The zero-order valence-electron chi connectivity index (χ0n) is 18.4. The highest BCUT2D eigenvalue weighted by Gasteiger charge is 2.37. The number of hydrogen-bond donors (Lipinski definition) is 0. The predicted octanol–water partition coefficient (Wildman–Crippen LogP) is 3.62. The van der Waals surface area contributed by atoms with Crippen molar-refractivity contribution >= 4 is 23.2 Å². The van der Waals surface area contributed by atoms with Crippen molar-refractivity contribution in [3.63, 3.8) is 0 Å². The molecule has 3 heterocycles. The first-order chi connectivity index (χ1) is 15.0. The van der Waals surface area contributed by atoms with E-state index in [-0.39, 0.29) is 30.5 Å². The molecule has 2 atom stereocenters. The van der Waals surface area contributed by atoms with Gasteiger partial charge in [0, 0.05) is 19.0 Å². The monoisotopic (exact) mass is 441 g/mol. The number of likely N-dealkylation sites (tertiary alicyclic amines) is 1. The van der Waals surface area contributed by atoms with Gasteiger partial charge in [-0.1, -0.05) is 24.6 Å². The van der Waals surface area contributed by atoms with E-state index in [2.05, 4.69) is 11.1 Å². The fraction of sp³-hybridized carbons (Fsp3) is 0.542. The molecule has 2 aliphatic heterocycles. The molecule has 31 heavy (non-hydrogen) atoms. The Morgan fingerprint density at radius 1 is 1.19 bits per heavy atom. The molecule has 6 nitrogen and oxygen atoms in total. The minimum absolute atomic E-state index is 0.0284. The molecule has 0 saturated carbocycles. The molecule has 4 rings (SSSR count). The lowest BCUT2D eigenvalue weighted by atomic mass is 9.89. The maximum atomic E-state index is 13.2. The number of para-hydroxylation sites is 1. The van der Waals surface area contributed by atoms with Gasteiger partial charge in [-0.2, -0.15) is 0 Å². The molecule has 0 N–H and O–H groups in total. The highest BCUT2D eigenvalue weighted by Crippen LogP contribution is 2.29. The lowest BCUT2D eigenvalue weighted by Crippen LogP contribution is -2.58. The molecule has 1 fully saturated rings. The van der Waals surface area contributed by atoms with Crippen LogP contribution in [-0.2, 0) is 22.4 Å². The van der Waals surface area contributed by atoms with Gasteiger partial charge in [0.05, 0.1) is 29.2 Å². The van der Waals surface area contributed by atoms with Crippen LogP contribution in [0.4, 0.5) is 0 Å². The Morgan fingerprint density at radius 3 is 2.81 bits per heavy atom. The molecule has 1 aromatic carbocycles. The van der Waals surface area contributed by atoms with Gasteiger partial charge in [-0.05, 0) is 50.7 Å². The molecule has 1 aromatic heterocycles. The normalized spacial score (nSPS) is 22.6. The molecule has 2 amide bonds. The van der Waals surface area contributed by atoms with Gasteiger partial charge in [0.15, 0.2) is 6.61 Å². The second kappa shape index (κ2) is 9.81. The number of thiazole rings is 1. The standard InChI is InChI=1S/C24H31N3O3S/c1-17-25-19(16-31-17)14-23(28)27-13-7-11-20-21(27)10-5-3-8-18-9-4-6-12-22(18)30-15-24(29)26(20)2/h4,6,9,12,16,20-21H,3,5,7-8,10-11,13-15H2,1-2H3/t20-,21-/m1/s1. The Hall–Kier alpha value is -2.41. The quantitative estimate of drug-likeness (QED) is 0.714. The van der Waals surface area contributed by atoms with Gasteiger partial charge in [0.2, 0.25) is 5.91 Å². The molecule has 2 aromatic rings. The number of nitrogens with zero attached hydrogens (tertiary/aromatic N) is 3. The third-order valence-corrected chi connectivity index (χ3v) is 7.30. The number of carbonyl (C=O) groups is 2. The highest BCUT2D eigenvalue weighted by atomic mass is 32.1. The molecule has 0 radical (unpaired) electrons. The van der Waals surface area contributed by atoms with Crippen LogP contribution >= 0.6 is 11.3 Å². The Kier molecular flexibility index (Phi) is 6.90. The van der Waals surface area contributed by atoms with Gasteiger partial charge >= 0.3 is 0 Å². The molecule has 166 valence electrons. The molecule has 0 unspecified atom stereocenters. The first kappa shape index (κ1) is 21.8. The van der Waals surface area contributed by atoms with Crippen molar-refractivity contribution in [3.8, 4) is 5.75 Å². The zero-order valence-corrected chi connectivity index (χ0v) is 19.2. The van der Waals surface area contributed by atoms with Crippen molar-refractivity contribution in [2.24, 2.45) is 0 Å². The van der Waals surface area contributed by atoms with E-state index in [4.69, 9.17) is 4.74 Å². The predicted molar refractivity (Wildman–Crippen MR) is 121 cm³/mol. The Bertz CT molecular complexity index is 928. The number of aryl methyl sites for hydroxylation is 2. The third-order valence-electron chi connectivity index (χ3n) is 6.47. The van der Waals surface area contributed by atoms with Crippen LogP contribution in [0, 0.1) is 6.92 Å². The van der Waals surface area contributed by atoms with Gasteiger partial charge in [-0.25, -0.2) is 4.98 Å². The molecule has 2 aliphatic rings. The summed E-state index contributed by atoms with van der Waals surface area (Å²) in [4.78, 5) is 34.5. The van der Waals surface area contributed by atoms with Crippen LogP contribution in [0.2, 0.25) is 0 Å². The molecular formula is C24H31N3O3S. The second-order valence-corrected chi connectivity index (χ2v) is 9.61. The van der Waals surface area contributed by atoms with Gasteiger partial charge in [0.25, 0.3) is 5.91 Å². The van der Waals surface area contributed by atoms with Crippen molar-refractivity contribution in [1.82, 2.24) is 14.8 Å². The number of hydrogen-bond acceptors (Lipinski definition) is 5. The summed E-state index contributed by atoms with van der Waals surface area (Å²) in [5.41, 5.74) is 1.99. The van der Waals surface area contributed by atoms with E-state index in [1.54, 1.807) is 11.3 Å². The molecule has 0 bridgehead atoms. The largest absolute Gasteiger partial charge is 0.483 e. The van der Waals surface area contributed by atoms with E-state index in [9.17, 15) is 9.59 Å². The van der Waals surface area contributed by atoms with Gasteiger partial charge in [-0.3, -0.25) is 9.59 Å². The smallest absolute Gasteiger partial charge is 0.260 e.